The number of hydrogen-bond acceptors (Lipinski definition) is 4. The molecule has 0 aliphatic carbocycles. The fourth-order valence-electron chi connectivity index (χ4n) is 2.09. The van der Waals surface area contributed by atoms with Crippen molar-refractivity contribution in [2.24, 2.45) is 4.99 Å². The van der Waals surface area contributed by atoms with Crippen LogP contribution in [0.4, 0.5) is 0 Å². The number of nitrogens with zero attached hydrogens (tertiary/aromatic N) is 2. The Morgan fingerprint density at radius 1 is 1.24 bits per heavy atom. The van der Waals surface area contributed by atoms with Gasteiger partial charge in [-0.2, -0.15) is 11.8 Å². The highest BCUT2D eigenvalue weighted by molar-refractivity contribution is 14.0. The summed E-state index contributed by atoms with van der Waals surface area (Å²) < 4.78 is 0. The maximum absolute atomic E-state index is 4.41. The summed E-state index contributed by atoms with van der Waals surface area (Å²) in [5.41, 5.74) is 2.69. The van der Waals surface area contributed by atoms with Gasteiger partial charge in [0, 0.05) is 36.2 Å². The van der Waals surface area contributed by atoms with E-state index in [1.807, 2.05) is 18.0 Å². The van der Waals surface area contributed by atoms with Crippen LogP contribution in [-0.4, -0.2) is 30.3 Å². The van der Waals surface area contributed by atoms with Crippen LogP contribution in [0.15, 0.2) is 35.5 Å². The van der Waals surface area contributed by atoms with Crippen LogP contribution in [0, 0.1) is 6.92 Å². The van der Waals surface area contributed by atoms with Gasteiger partial charge in [-0.05, 0) is 18.9 Å². The SMILES string of the molecule is CCc1cnc(CNC(=NC)NCCSCc2ccc(C)cc2)s1.I. The largest absolute Gasteiger partial charge is 0.356 e. The van der Waals surface area contributed by atoms with Crippen molar-refractivity contribution >= 4 is 53.0 Å². The van der Waals surface area contributed by atoms with E-state index in [0.29, 0.717) is 0 Å². The number of halogens is 1. The van der Waals surface area contributed by atoms with Crippen LogP contribution in [0.3, 0.4) is 0 Å². The first-order valence-electron chi connectivity index (χ1n) is 8.22. The summed E-state index contributed by atoms with van der Waals surface area (Å²) in [6.45, 7) is 5.89. The number of aliphatic imine (C=N–C) groups is 1. The van der Waals surface area contributed by atoms with Gasteiger partial charge in [-0.3, -0.25) is 4.99 Å². The lowest BCUT2D eigenvalue weighted by Gasteiger charge is -2.10. The first-order valence-corrected chi connectivity index (χ1v) is 10.2. The van der Waals surface area contributed by atoms with E-state index in [-0.39, 0.29) is 24.0 Å². The Morgan fingerprint density at radius 2 is 2.00 bits per heavy atom. The first kappa shape index (κ1) is 22.2. The second-order valence-electron chi connectivity index (χ2n) is 5.46. The normalized spacial score (nSPS) is 11.1. The Morgan fingerprint density at radius 3 is 2.64 bits per heavy atom. The smallest absolute Gasteiger partial charge is 0.191 e. The summed E-state index contributed by atoms with van der Waals surface area (Å²) in [5.74, 6) is 2.93. The molecule has 1 heterocycles. The monoisotopic (exact) mass is 490 g/mol. The van der Waals surface area contributed by atoms with Gasteiger partial charge in [0.2, 0.25) is 0 Å². The zero-order chi connectivity index (χ0) is 17.2. The van der Waals surface area contributed by atoms with Crippen LogP contribution in [0.25, 0.3) is 0 Å². The predicted octanol–water partition coefficient (Wildman–Crippen LogP) is 4.23. The van der Waals surface area contributed by atoms with E-state index in [9.17, 15) is 0 Å². The van der Waals surface area contributed by atoms with E-state index in [2.05, 4.69) is 58.7 Å². The Hall–Kier alpha value is -0.800. The van der Waals surface area contributed by atoms with Crippen molar-refractivity contribution in [1.29, 1.82) is 0 Å². The molecule has 0 saturated heterocycles. The molecule has 0 aliphatic rings. The lowest BCUT2D eigenvalue weighted by Crippen LogP contribution is -2.37. The van der Waals surface area contributed by atoms with Crippen molar-refractivity contribution in [3.8, 4) is 0 Å². The van der Waals surface area contributed by atoms with Crippen LogP contribution in [-0.2, 0) is 18.7 Å². The molecule has 0 atom stereocenters. The molecule has 2 aromatic rings. The molecule has 1 aromatic heterocycles. The van der Waals surface area contributed by atoms with Crippen molar-refractivity contribution in [3.05, 3.63) is 51.5 Å². The van der Waals surface area contributed by atoms with Gasteiger partial charge in [0.1, 0.15) is 5.01 Å². The van der Waals surface area contributed by atoms with Crippen LogP contribution < -0.4 is 10.6 Å². The average Bonchev–Trinajstić information content (AvgIpc) is 3.07. The van der Waals surface area contributed by atoms with Crippen LogP contribution in [0.1, 0.15) is 27.9 Å². The first-order chi connectivity index (χ1) is 11.7. The minimum atomic E-state index is 0. The molecule has 0 radical (unpaired) electrons. The third-order valence-electron chi connectivity index (χ3n) is 3.51. The molecule has 0 spiro atoms. The number of aromatic nitrogens is 1. The average molecular weight is 490 g/mol. The molecule has 25 heavy (non-hydrogen) atoms. The third kappa shape index (κ3) is 8.42. The number of hydrogen-bond donors (Lipinski definition) is 2. The van der Waals surface area contributed by atoms with Gasteiger partial charge < -0.3 is 10.6 Å². The van der Waals surface area contributed by atoms with E-state index >= 15 is 0 Å². The van der Waals surface area contributed by atoms with E-state index < -0.39 is 0 Å². The molecule has 4 nitrogen and oxygen atoms in total. The number of thiazole rings is 1. The minimum absolute atomic E-state index is 0. The molecule has 1 aromatic carbocycles. The maximum Gasteiger partial charge on any atom is 0.191 e. The minimum Gasteiger partial charge on any atom is -0.356 e. The van der Waals surface area contributed by atoms with E-state index in [4.69, 9.17) is 0 Å². The highest BCUT2D eigenvalue weighted by Gasteiger charge is 2.02. The fraction of sp³-hybridized carbons (Fsp3) is 0.444. The summed E-state index contributed by atoms with van der Waals surface area (Å²) >= 11 is 3.69. The number of benzene rings is 1. The number of rotatable bonds is 8. The van der Waals surface area contributed by atoms with Gasteiger partial charge in [-0.25, -0.2) is 4.98 Å². The number of aryl methyl sites for hydroxylation is 2. The van der Waals surface area contributed by atoms with Gasteiger partial charge in [0.05, 0.1) is 6.54 Å². The highest BCUT2D eigenvalue weighted by Crippen LogP contribution is 2.13. The zero-order valence-corrected chi connectivity index (χ0v) is 19.0. The summed E-state index contributed by atoms with van der Waals surface area (Å²) in [4.78, 5) is 9.99. The van der Waals surface area contributed by atoms with Gasteiger partial charge in [-0.15, -0.1) is 35.3 Å². The molecular formula is C18H27IN4S2. The van der Waals surface area contributed by atoms with E-state index in [1.54, 1.807) is 18.4 Å². The summed E-state index contributed by atoms with van der Waals surface area (Å²) in [7, 11) is 1.80. The van der Waals surface area contributed by atoms with Crippen molar-refractivity contribution in [2.45, 2.75) is 32.6 Å². The quantitative estimate of drug-likeness (QED) is 0.252. The van der Waals surface area contributed by atoms with Crippen LogP contribution in [0.2, 0.25) is 0 Å². The molecule has 0 aliphatic heterocycles. The number of thioether (sulfide) groups is 1. The number of guanidine groups is 1. The van der Waals surface area contributed by atoms with Crippen molar-refractivity contribution < 1.29 is 0 Å². The molecule has 0 saturated carbocycles. The topological polar surface area (TPSA) is 49.3 Å². The Bertz CT molecular complexity index is 641. The molecule has 0 fully saturated rings. The van der Waals surface area contributed by atoms with E-state index in [1.165, 1.54) is 16.0 Å². The molecule has 2 rings (SSSR count). The lowest BCUT2D eigenvalue weighted by atomic mass is 10.2. The van der Waals surface area contributed by atoms with Crippen molar-refractivity contribution in [1.82, 2.24) is 15.6 Å². The highest BCUT2D eigenvalue weighted by atomic mass is 127. The second kappa shape index (κ2) is 12.5. The zero-order valence-electron chi connectivity index (χ0n) is 15.0. The molecule has 2 N–H and O–H groups in total. The second-order valence-corrected chi connectivity index (χ2v) is 7.77. The summed E-state index contributed by atoms with van der Waals surface area (Å²) in [5, 5.41) is 7.77. The fourth-order valence-corrected chi connectivity index (χ4v) is 3.71. The summed E-state index contributed by atoms with van der Waals surface area (Å²) in [6.07, 6.45) is 3.00. The lowest BCUT2D eigenvalue weighted by molar-refractivity contribution is 0.827. The standard InChI is InChI=1S/C18H26N4S2.HI/c1-4-16-11-21-17(24-16)12-22-18(19-3)20-9-10-23-13-15-7-5-14(2)6-8-15;/h5-8,11H,4,9-10,12-13H2,1-3H3,(H2,19,20,22);1H. The maximum atomic E-state index is 4.41. The summed E-state index contributed by atoms with van der Waals surface area (Å²) in [6, 6.07) is 8.74. The molecule has 0 unspecified atom stereocenters. The van der Waals surface area contributed by atoms with Gasteiger partial charge in [0.15, 0.2) is 5.96 Å². The van der Waals surface area contributed by atoms with Crippen LogP contribution >= 0.6 is 47.1 Å². The predicted molar refractivity (Wildman–Crippen MR) is 122 cm³/mol. The Kier molecular flexibility index (Phi) is 11.2. The molecule has 138 valence electrons. The Balaban J connectivity index is 0.00000312. The van der Waals surface area contributed by atoms with Crippen molar-refractivity contribution in [3.63, 3.8) is 0 Å². The molecule has 0 amide bonds. The molecular weight excluding hydrogens is 463 g/mol. The number of nitrogens with one attached hydrogen (secondary N) is 2. The Labute approximate surface area is 176 Å². The molecule has 0 bridgehead atoms. The van der Waals surface area contributed by atoms with Gasteiger partial charge in [0.25, 0.3) is 0 Å². The van der Waals surface area contributed by atoms with Gasteiger partial charge in [-0.1, -0.05) is 36.8 Å². The van der Waals surface area contributed by atoms with Crippen molar-refractivity contribution in [2.75, 3.05) is 19.3 Å². The van der Waals surface area contributed by atoms with Crippen LogP contribution in [0.5, 0.6) is 0 Å². The van der Waals surface area contributed by atoms with E-state index in [0.717, 1.165) is 42.0 Å². The molecule has 7 heteroatoms. The van der Waals surface area contributed by atoms with Gasteiger partial charge >= 0.3 is 0 Å². The third-order valence-corrected chi connectivity index (χ3v) is 5.68.